The molecule has 2 aliphatic rings. The highest BCUT2D eigenvalue weighted by Gasteiger charge is 2.39. The normalized spacial score (nSPS) is 21.9. The van der Waals surface area contributed by atoms with E-state index in [0.717, 1.165) is 38.8 Å². The summed E-state index contributed by atoms with van der Waals surface area (Å²) >= 11 is 0. The van der Waals surface area contributed by atoms with Crippen molar-refractivity contribution >= 4 is 10.0 Å². The summed E-state index contributed by atoms with van der Waals surface area (Å²) in [6.45, 7) is 2.64. The van der Waals surface area contributed by atoms with Gasteiger partial charge in [-0.05, 0) is 44.7 Å². The Morgan fingerprint density at radius 2 is 2.00 bits per heavy atom. The zero-order valence-corrected chi connectivity index (χ0v) is 11.7. The van der Waals surface area contributed by atoms with Gasteiger partial charge in [0.25, 0.3) is 0 Å². The van der Waals surface area contributed by atoms with Gasteiger partial charge in [-0.15, -0.1) is 0 Å². The number of piperidine rings is 1. The van der Waals surface area contributed by atoms with Crippen LogP contribution in [0.5, 0.6) is 0 Å². The zero-order valence-electron chi connectivity index (χ0n) is 10.9. The summed E-state index contributed by atoms with van der Waals surface area (Å²) in [6.07, 6.45) is 6.96. The van der Waals surface area contributed by atoms with E-state index in [2.05, 4.69) is 15.5 Å². The van der Waals surface area contributed by atoms with Crippen LogP contribution in [0.1, 0.15) is 25.7 Å². The first-order chi connectivity index (χ1) is 9.18. The summed E-state index contributed by atoms with van der Waals surface area (Å²) < 4.78 is 26.9. The molecule has 0 atom stereocenters. The van der Waals surface area contributed by atoms with Crippen LogP contribution in [-0.2, 0) is 10.0 Å². The van der Waals surface area contributed by atoms with Gasteiger partial charge in [0.05, 0.1) is 6.20 Å². The molecule has 19 heavy (non-hydrogen) atoms. The SMILES string of the molecule is O=S(=O)(c1cn[nH]c1)N(CC1CCNCC1)C1CC1. The minimum Gasteiger partial charge on any atom is -0.317 e. The Balaban J connectivity index is 1.77. The van der Waals surface area contributed by atoms with Crippen molar-refractivity contribution in [2.24, 2.45) is 5.92 Å². The maximum absolute atomic E-state index is 12.6. The molecule has 1 saturated carbocycles. The van der Waals surface area contributed by atoms with Crippen LogP contribution in [-0.4, -0.2) is 48.6 Å². The third-order valence-electron chi connectivity index (χ3n) is 3.93. The molecule has 0 amide bonds. The van der Waals surface area contributed by atoms with E-state index in [4.69, 9.17) is 0 Å². The van der Waals surface area contributed by atoms with Crippen LogP contribution in [0, 0.1) is 5.92 Å². The fraction of sp³-hybridized carbons (Fsp3) is 0.750. The quantitative estimate of drug-likeness (QED) is 0.828. The minimum atomic E-state index is -3.37. The van der Waals surface area contributed by atoms with Crippen LogP contribution < -0.4 is 5.32 Å². The predicted molar refractivity (Wildman–Crippen MR) is 71.1 cm³/mol. The summed E-state index contributed by atoms with van der Waals surface area (Å²) in [7, 11) is -3.37. The fourth-order valence-corrected chi connectivity index (χ4v) is 4.31. The average molecular weight is 284 g/mol. The van der Waals surface area contributed by atoms with Gasteiger partial charge in [-0.2, -0.15) is 9.40 Å². The van der Waals surface area contributed by atoms with Crippen molar-refractivity contribution in [1.82, 2.24) is 19.8 Å². The first-order valence-electron chi connectivity index (χ1n) is 6.89. The number of nitrogens with one attached hydrogen (secondary N) is 2. The highest BCUT2D eigenvalue weighted by molar-refractivity contribution is 7.89. The van der Waals surface area contributed by atoms with E-state index in [1.807, 2.05) is 0 Å². The standard InChI is InChI=1S/C12H20N4O2S/c17-19(18,12-7-14-15-8-12)16(11-1-2-11)9-10-3-5-13-6-4-10/h7-8,10-11,13H,1-6,9H2,(H,14,15). The minimum absolute atomic E-state index is 0.204. The Morgan fingerprint density at radius 3 is 2.58 bits per heavy atom. The molecule has 2 heterocycles. The van der Waals surface area contributed by atoms with Crippen molar-refractivity contribution in [3.63, 3.8) is 0 Å². The third-order valence-corrected chi connectivity index (χ3v) is 5.81. The number of rotatable bonds is 5. The van der Waals surface area contributed by atoms with E-state index >= 15 is 0 Å². The molecule has 0 spiro atoms. The van der Waals surface area contributed by atoms with Crippen LogP contribution in [0.2, 0.25) is 0 Å². The second-order valence-electron chi connectivity index (χ2n) is 5.43. The molecule has 7 heteroatoms. The van der Waals surface area contributed by atoms with Gasteiger partial charge in [0.1, 0.15) is 4.90 Å². The number of H-pyrrole nitrogens is 1. The van der Waals surface area contributed by atoms with Gasteiger partial charge in [-0.25, -0.2) is 8.42 Å². The molecule has 1 aromatic heterocycles. The first kappa shape index (κ1) is 13.1. The predicted octanol–water partition coefficient (Wildman–Crippen LogP) is 0.562. The van der Waals surface area contributed by atoms with E-state index < -0.39 is 10.0 Å². The van der Waals surface area contributed by atoms with Gasteiger partial charge in [0.2, 0.25) is 10.0 Å². The van der Waals surface area contributed by atoms with E-state index in [1.54, 1.807) is 4.31 Å². The Bertz CT molecular complexity index is 504. The second-order valence-corrected chi connectivity index (χ2v) is 7.32. The average Bonchev–Trinajstić information content (AvgIpc) is 3.09. The number of nitrogens with zero attached hydrogens (tertiary/aromatic N) is 2. The lowest BCUT2D eigenvalue weighted by molar-refractivity contribution is 0.283. The number of hydrogen-bond donors (Lipinski definition) is 2. The van der Waals surface area contributed by atoms with Crippen LogP contribution in [0.25, 0.3) is 0 Å². The van der Waals surface area contributed by atoms with Crippen molar-refractivity contribution in [2.75, 3.05) is 19.6 Å². The Labute approximate surface area is 113 Å². The Hall–Kier alpha value is -0.920. The summed E-state index contributed by atoms with van der Waals surface area (Å²) in [6, 6.07) is 0.204. The second kappa shape index (κ2) is 5.22. The third kappa shape index (κ3) is 2.82. The van der Waals surface area contributed by atoms with Gasteiger partial charge >= 0.3 is 0 Å². The molecule has 106 valence electrons. The summed E-state index contributed by atoms with van der Waals surface area (Å²) in [5.41, 5.74) is 0. The molecule has 1 aliphatic heterocycles. The van der Waals surface area contributed by atoms with Crippen molar-refractivity contribution < 1.29 is 8.42 Å². The van der Waals surface area contributed by atoms with E-state index in [0.29, 0.717) is 12.5 Å². The molecule has 3 rings (SSSR count). The maximum Gasteiger partial charge on any atom is 0.246 e. The van der Waals surface area contributed by atoms with Crippen molar-refractivity contribution in [1.29, 1.82) is 0 Å². The Morgan fingerprint density at radius 1 is 1.26 bits per heavy atom. The first-order valence-corrected chi connectivity index (χ1v) is 8.33. The molecule has 1 aromatic rings. The summed E-state index contributed by atoms with van der Waals surface area (Å²) in [5, 5.41) is 9.66. The van der Waals surface area contributed by atoms with E-state index in [9.17, 15) is 8.42 Å². The molecule has 0 aromatic carbocycles. The Kier molecular flexibility index (Phi) is 3.60. The number of hydrogen-bond acceptors (Lipinski definition) is 4. The van der Waals surface area contributed by atoms with Crippen LogP contribution in [0.15, 0.2) is 17.3 Å². The molecule has 6 nitrogen and oxygen atoms in total. The largest absolute Gasteiger partial charge is 0.317 e. The van der Waals surface area contributed by atoms with Crippen LogP contribution >= 0.6 is 0 Å². The van der Waals surface area contributed by atoms with Gasteiger partial charge in [0.15, 0.2) is 0 Å². The molecule has 2 N–H and O–H groups in total. The summed E-state index contributed by atoms with van der Waals surface area (Å²) in [4.78, 5) is 0.285. The molecular formula is C12H20N4O2S. The van der Waals surface area contributed by atoms with Gasteiger partial charge in [-0.3, -0.25) is 5.10 Å². The molecule has 1 saturated heterocycles. The van der Waals surface area contributed by atoms with E-state index in [1.165, 1.54) is 12.4 Å². The monoisotopic (exact) mass is 284 g/mol. The molecular weight excluding hydrogens is 264 g/mol. The van der Waals surface area contributed by atoms with Gasteiger partial charge < -0.3 is 5.32 Å². The zero-order chi connectivity index (χ0) is 13.3. The van der Waals surface area contributed by atoms with Crippen LogP contribution in [0.3, 0.4) is 0 Å². The van der Waals surface area contributed by atoms with Crippen LogP contribution in [0.4, 0.5) is 0 Å². The molecule has 0 unspecified atom stereocenters. The topological polar surface area (TPSA) is 78.1 Å². The summed E-state index contributed by atoms with van der Waals surface area (Å²) in [5.74, 6) is 0.475. The lowest BCUT2D eigenvalue weighted by atomic mass is 9.98. The number of aromatic amines is 1. The van der Waals surface area contributed by atoms with Crippen molar-refractivity contribution in [2.45, 2.75) is 36.6 Å². The molecule has 0 bridgehead atoms. The van der Waals surface area contributed by atoms with E-state index in [-0.39, 0.29) is 10.9 Å². The van der Waals surface area contributed by atoms with Gasteiger partial charge in [0, 0.05) is 18.8 Å². The number of sulfonamides is 1. The molecule has 2 fully saturated rings. The van der Waals surface area contributed by atoms with Crippen molar-refractivity contribution in [3.8, 4) is 0 Å². The number of aromatic nitrogens is 2. The highest BCUT2D eigenvalue weighted by atomic mass is 32.2. The maximum atomic E-state index is 12.6. The highest BCUT2D eigenvalue weighted by Crippen LogP contribution is 2.33. The fourth-order valence-electron chi connectivity index (χ4n) is 2.64. The molecule has 1 aliphatic carbocycles. The van der Waals surface area contributed by atoms with Crippen molar-refractivity contribution in [3.05, 3.63) is 12.4 Å². The lowest BCUT2D eigenvalue weighted by Crippen LogP contribution is -2.40. The molecule has 0 radical (unpaired) electrons. The lowest BCUT2D eigenvalue weighted by Gasteiger charge is -2.29. The van der Waals surface area contributed by atoms with Gasteiger partial charge in [-0.1, -0.05) is 0 Å². The smallest absolute Gasteiger partial charge is 0.246 e.